The predicted octanol–water partition coefficient (Wildman–Crippen LogP) is 4.59. The second-order valence-electron chi connectivity index (χ2n) is 7.60. The van der Waals surface area contributed by atoms with Crippen molar-refractivity contribution >= 4 is 11.6 Å². The van der Waals surface area contributed by atoms with Crippen LogP contribution in [0.15, 0.2) is 48.5 Å². The van der Waals surface area contributed by atoms with Gasteiger partial charge in [-0.2, -0.15) is 0 Å². The zero-order valence-corrected chi connectivity index (χ0v) is 16.2. The van der Waals surface area contributed by atoms with Crippen LogP contribution in [0.2, 0.25) is 5.02 Å². The number of para-hydroxylation sites is 1. The topological polar surface area (TPSA) is 15.7 Å². The van der Waals surface area contributed by atoms with Gasteiger partial charge in [-0.3, -0.25) is 4.90 Å². The Kier molecular flexibility index (Phi) is 5.21. The highest BCUT2D eigenvalue weighted by molar-refractivity contribution is 6.30. The molecule has 0 aliphatic carbocycles. The number of rotatable bonds is 3. The fourth-order valence-electron chi connectivity index (χ4n) is 4.25. The van der Waals surface area contributed by atoms with E-state index < -0.39 is 0 Å². The van der Waals surface area contributed by atoms with Crippen LogP contribution in [0.1, 0.15) is 30.9 Å². The van der Waals surface area contributed by atoms with Gasteiger partial charge in [-0.1, -0.05) is 48.9 Å². The van der Waals surface area contributed by atoms with Gasteiger partial charge in [0, 0.05) is 56.2 Å². The molecule has 0 unspecified atom stereocenters. The summed E-state index contributed by atoms with van der Waals surface area (Å²) in [6.07, 6.45) is 2.17. The maximum Gasteiger partial charge on any atom is 0.124 e. The molecule has 0 amide bonds. The zero-order valence-electron chi connectivity index (χ0n) is 15.5. The van der Waals surface area contributed by atoms with E-state index in [1.165, 1.54) is 11.1 Å². The molecule has 2 aromatic carbocycles. The Morgan fingerprint density at radius 2 is 1.85 bits per heavy atom. The molecule has 2 aliphatic heterocycles. The Morgan fingerprint density at radius 1 is 1.04 bits per heavy atom. The number of piperidine rings is 1. The molecule has 0 radical (unpaired) electrons. The second-order valence-corrected chi connectivity index (χ2v) is 8.04. The van der Waals surface area contributed by atoms with E-state index in [2.05, 4.69) is 53.1 Å². The van der Waals surface area contributed by atoms with Crippen LogP contribution in [0.25, 0.3) is 0 Å². The van der Waals surface area contributed by atoms with E-state index in [9.17, 15) is 0 Å². The maximum atomic E-state index is 6.68. The first-order valence-corrected chi connectivity index (χ1v) is 10.00. The predicted molar refractivity (Wildman–Crippen MR) is 107 cm³/mol. The van der Waals surface area contributed by atoms with Crippen molar-refractivity contribution in [2.75, 3.05) is 26.2 Å². The summed E-state index contributed by atoms with van der Waals surface area (Å²) in [4.78, 5) is 5.05. The molecule has 4 rings (SSSR count). The highest BCUT2D eigenvalue weighted by Gasteiger charge is 2.40. The smallest absolute Gasteiger partial charge is 0.124 e. The lowest BCUT2D eigenvalue weighted by Gasteiger charge is -2.42. The van der Waals surface area contributed by atoms with Gasteiger partial charge in [0.15, 0.2) is 0 Å². The zero-order chi connectivity index (χ0) is 18.0. The van der Waals surface area contributed by atoms with Crippen LogP contribution >= 0.6 is 11.6 Å². The molecule has 0 N–H and O–H groups in total. The van der Waals surface area contributed by atoms with E-state index in [1.807, 2.05) is 12.1 Å². The molecule has 26 heavy (non-hydrogen) atoms. The average molecular weight is 371 g/mol. The molecular formula is C22H27ClN2O. The summed E-state index contributed by atoms with van der Waals surface area (Å²) in [6, 6.07) is 16.7. The number of nitrogens with zero attached hydrogens (tertiary/aromatic N) is 2. The monoisotopic (exact) mass is 370 g/mol. The third-order valence-electron chi connectivity index (χ3n) is 5.71. The minimum Gasteiger partial charge on any atom is -0.486 e. The van der Waals surface area contributed by atoms with Crippen LogP contribution in [-0.4, -0.2) is 41.6 Å². The average Bonchev–Trinajstić information content (AvgIpc) is 2.78. The molecule has 0 atom stereocenters. The summed E-state index contributed by atoms with van der Waals surface area (Å²) in [5, 5.41) is 0.805. The van der Waals surface area contributed by atoms with Crippen LogP contribution in [0.4, 0.5) is 0 Å². The molecule has 0 saturated carbocycles. The summed E-state index contributed by atoms with van der Waals surface area (Å²) in [7, 11) is 0. The maximum absolute atomic E-state index is 6.68. The Labute approximate surface area is 161 Å². The van der Waals surface area contributed by atoms with Gasteiger partial charge in [-0.25, -0.2) is 0 Å². The van der Waals surface area contributed by atoms with E-state index >= 15 is 0 Å². The fraction of sp³-hybridized carbons (Fsp3) is 0.455. The van der Waals surface area contributed by atoms with E-state index in [4.69, 9.17) is 16.3 Å². The summed E-state index contributed by atoms with van der Waals surface area (Å²) < 4.78 is 6.68. The van der Waals surface area contributed by atoms with Crippen molar-refractivity contribution in [1.82, 2.24) is 9.80 Å². The third kappa shape index (κ3) is 3.90. The van der Waals surface area contributed by atoms with E-state index in [1.54, 1.807) is 0 Å². The number of hydrogen-bond acceptors (Lipinski definition) is 3. The largest absolute Gasteiger partial charge is 0.486 e. The van der Waals surface area contributed by atoms with Crippen molar-refractivity contribution in [3.8, 4) is 5.75 Å². The minimum atomic E-state index is -0.0865. The van der Waals surface area contributed by atoms with Gasteiger partial charge in [0.05, 0.1) is 0 Å². The van der Waals surface area contributed by atoms with Crippen molar-refractivity contribution < 1.29 is 4.74 Å². The van der Waals surface area contributed by atoms with E-state index in [0.717, 1.165) is 62.9 Å². The number of fused-ring (bicyclic) bond motifs is 1. The number of hydrogen-bond donors (Lipinski definition) is 0. The molecular weight excluding hydrogens is 344 g/mol. The van der Waals surface area contributed by atoms with Crippen LogP contribution in [0, 0.1) is 0 Å². The molecule has 2 aliphatic rings. The number of likely N-dealkylation sites (tertiary alicyclic amines) is 1. The summed E-state index contributed by atoms with van der Waals surface area (Å²) in [5.74, 6) is 1.06. The van der Waals surface area contributed by atoms with Gasteiger partial charge in [-0.15, -0.1) is 0 Å². The minimum absolute atomic E-state index is 0.0865. The Balaban J connectivity index is 1.60. The highest BCUT2D eigenvalue weighted by Crippen LogP contribution is 2.36. The Hall–Kier alpha value is -1.55. The van der Waals surface area contributed by atoms with Gasteiger partial charge in [-0.05, 0) is 30.3 Å². The van der Waals surface area contributed by atoms with Crippen molar-refractivity contribution in [3.05, 3.63) is 64.7 Å². The van der Waals surface area contributed by atoms with Crippen LogP contribution in [0.5, 0.6) is 5.75 Å². The summed E-state index contributed by atoms with van der Waals surface area (Å²) >= 11 is 6.20. The Bertz CT molecular complexity index is 755. The molecule has 0 bridgehead atoms. The van der Waals surface area contributed by atoms with Crippen molar-refractivity contribution in [3.63, 3.8) is 0 Å². The third-order valence-corrected chi connectivity index (χ3v) is 5.95. The highest BCUT2D eigenvalue weighted by atomic mass is 35.5. The van der Waals surface area contributed by atoms with Crippen molar-refractivity contribution in [2.45, 2.75) is 38.5 Å². The lowest BCUT2D eigenvalue weighted by molar-refractivity contribution is -0.0186. The second kappa shape index (κ2) is 7.59. The standard InChI is InChI=1S/C22H27ClN2O/c1-2-24-12-10-22(11-13-24)17-25(15-18-6-5-8-20(23)14-18)16-19-7-3-4-9-21(19)26-22/h3-9,14H,2,10-13,15-17H2,1H3. The molecule has 2 heterocycles. The molecule has 1 saturated heterocycles. The normalized spacial score (nSPS) is 20.4. The van der Waals surface area contributed by atoms with Gasteiger partial charge in [0.2, 0.25) is 0 Å². The number of halogens is 1. The van der Waals surface area contributed by atoms with Crippen LogP contribution in [-0.2, 0) is 13.1 Å². The lowest BCUT2D eigenvalue weighted by atomic mass is 9.90. The molecule has 1 spiro atoms. The van der Waals surface area contributed by atoms with Crippen LogP contribution < -0.4 is 4.74 Å². The van der Waals surface area contributed by atoms with Gasteiger partial charge in [0.25, 0.3) is 0 Å². The lowest BCUT2D eigenvalue weighted by Crippen LogP contribution is -2.53. The number of benzene rings is 2. The molecule has 3 nitrogen and oxygen atoms in total. The fourth-order valence-corrected chi connectivity index (χ4v) is 4.46. The summed E-state index contributed by atoms with van der Waals surface area (Å²) in [6.45, 7) is 8.38. The molecule has 2 aromatic rings. The first-order valence-electron chi connectivity index (χ1n) is 9.62. The first kappa shape index (κ1) is 17.8. The number of ether oxygens (including phenoxy) is 1. The Morgan fingerprint density at radius 3 is 2.62 bits per heavy atom. The van der Waals surface area contributed by atoms with Gasteiger partial charge < -0.3 is 9.64 Å². The van der Waals surface area contributed by atoms with Crippen molar-refractivity contribution in [1.29, 1.82) is 0 Å². The SMILES string of the molecule is CCN1CCC2(CC1)CN(Cc1cccc(Cl)c1)Cc1ccccc1O2. The quantitative estimate of drug-likeness (QED) is 0.785. The molecule has 4 heteroatoms. The first-order chi connectivity index (χ1) is 12.7. The van der Waals surface area contributed by atoms with Crippen molar-refractivity contribution in [2.24, 2.45) is 0 Å². The molecule has 138 valence electrons. The van der Waals surface area contributed by atoms with Gasteiger partial charge in [0.1, 0.15) is 11.4 Å². The van der Waals surface area contributed by atoms with Crippen LogP contribution in [0.3, 0.4) is 0 Å². The summed E-state index contributed by atoms with van der Waals surface area (Å²) in [5.41, 5.74) is 2.46. The molecule has 0 aromatic heterocycles. The molecule has 1 fully saturated rings. The van der Waals surface area contributed by atoms with E-state index in [0.29, 0.717) is 0 Å². The van der Waals surface area contributed by atoms with E-state index in [-0.39, 0.29) is 5.60 Å². The van der Waals surface area contributed by atoms with Gasteiger partial charge >= 0.3 is 0 Å².